The van der Waals surface area contributed by atoms with E-state index in [-0.39, 0.29) is 17.1 Å². The second-order valence-corrected chi connectivity index (χ2v) is 7.41. The number of hydrogen-bond acceptors (Lipinski definition) is 4. The van der Waals surface area contributed by atoms with Crippen LogP contribution in [0.3, 0.4) is 0 Å². The van der Waals surface area contributed by atoms with Gasteiger partial charge in [-0.2, -0.15) is 0 Å². The Morgan fingerprint density at radius 2 is 1.85 bits per heavy atom. The van der Waals surface area contributed by atoms with Crippen LogP contribution in [0.4, 0.5) is 0 Å². The third kappa shape index (κ3) is 3.75. The zero-order chi connectivity index (χ0) is 19.4. The minimum absolute atomic E-state index is 0.0975. The minimum atomic E-state index is -0.481. The number of ether oxygens (including phenoxy) is 2. The van der Waals surface area contributed by atoms with Gasteiger partial charge < -0.3 is 9.47 Å². The Bertz CT molecular complexity index is 830. The van der Waals surface area contributed by atoms with E-state index in [1.807, 2.05) is 56.3 Å². The van der Waals surface area contributed by atoms with Crippen LogP contribution in [-0.4, -0.2) is 25.3 Å². The molecule has 0 N–H and O–H groups in total. The Morgan fingerprint density at radius 3 is 2.52 bits per heavy atom. The second-order valence-electron chi connectivity index (χ2n) is 7.41. The number of carbonyl (C=O) groups is 2. The van der Waals surface area contributed by atoms with Crippen molar-refractivity contribution in [1.82, 2.24) is 0 Å². The van der Waals surface area contributed by atoms with Crippen molar-refractivity contribution in [2.75, 3.05) is 13.7 Å². The van der Waals surface area contributed by atoms with E-state index in [4.69, 9.17) is 9.47 Å². The standard InChI is InChI=1S/C23H26O4/c1-16(2)11-15-27-19-9-5-4-8-17(19)21(26-3)20-18(24)10-14-23(22(20)25)12-6-7-13-23/h4-9,11H,10,12-15H2,1-3H3/b21-20+. The van der Waals surface area contributed by atoms with Crippen molar-refractivity contribution in [3.63, 3.8) is 0 Å². The molecule has 2 aliphatic carbocycles. The van der Waals surface area contributed by atoms with Gasteiger partial charge in [0, 0.05) is 11.8 Å². The van der Waals surface area contributed by atoms with Gasteiger partial charge in [-0.1, -0.05) is 29.9 Å². The molecule has 1 saturated carbocycles. The summed E-state index contributed by atoms with van der Waals surface area (Å²) in [4.78, 5) is 26.0. The van der Waals surface area contributed by atoms with Crippen molar-refractivity contribution < 1.29 is 19.1 Å². The van der Waals surface area contributed by atoms with E-state index >= 15 is 0 Å². The fraction of sp³-hybridized carbons (Fsp3) is 0.391. The number of carbonyl (C=O) groups excluding carboxylic acids is 2. The molecule has 0 aromatic heterocycles. The number of benzene rings is 1. The predicted octanol–water partition coefficient (Wildman–Crippen LogP) is 4.66. The monoisotopic (exact) mass is 366 g/mol. The second kappa shape index (κ2) is 7.95. The van der Waals surface area contributed by atoms with Crippen LogP contribution in [0.15, 0.2) is 53.6 Å². The summed E-state index contributed by atoms with van der Waals surface area (Å²) in [6.45, 7) is 4.43. The Labute approximate surface area is 160 Å². The molecule has 3 rings (SSSR count). The van der Waals surface area contributed by atoms with Gasteiger partial charge in [-0.05, 0) is 51.3 Å². The van der Waals surface area contributed by atoms with Crippen LogP contribution in [0.2, 0.25) is 0 Å². The van der Waals surface area contributed by atoms with E-state index in [1.165, 1.54) is 7.11 Å². The predicted molar refractivity (Wildman–Crippen MR) is 105 cm³/mol. The van der Waals surface area contributed by atoms with E-state index in [0.29, 0.717) is 49.4 Å². The van der Waals surface area contributed by atoms with Crippen LogP contribution < -0.4 is 4.74 Å². The zero-order valence-corrected chi connectivity index (χ0v) is 16.2. The number of methoxy groups -OCH3 is 1. The lowest BCUT2D eigenvalue weighted by molar-refractivity contribution is -0.131. The van der Waals surface area contributed by atoms with Gasteiger partial charge >= 0.3 is 0 Å². The van der Waals surface area contributed by atoms with Gasteiger partial charge in [0.05, 0.1) is 12.7 Å². The first kappa shape index (κ1) is 19.2. The van der Waals surface area contributed by atoms with Crippen LogP contribution in [0.1, 0.15) is 45.1 Å². The first-order valence-electron chi connectivity index (χ1n) is 9.35. The largest absolute Gasteiger partial charge is 0.495 e. The summed E-state index contributed by atoms with van der Waals surface area (Å²) in [5, 5.41) is 0. The molecule has 4 nitrogen and oxygen atoms in total. The highest BCUT2D eigenvalue weighted by molar-refractivity contribution is 6.28. The van der Waals surface area contributed by atoms with E-state index < -0.39 is 5.41 Å². The lowest BCUT2D eigenvalue weighted by Gasteiger charge is -2.33. The van der Waals surface area contributed by atoms with Gasteiger partial charge in [0.1, 0.15) is 23.7 Å². The van der Waals surface area contributed by atoms with E-state index in [1.54, 1.807) is 0 Å². The molecular formula is C23H26O4. The molecular weight excluding hydrogens is 340 g/mol. The molecule has 0 amide bonds. The van der Waals surface area contributed by atoms with Crippen molar-refractivity contribution in [2.24, 2.45) is 5.41 Å². The van der Waals surface area contributed by atoms with Crippen LogP contribution in [0, 0.1) is 5.41 Å². The van der Waals surface area contributed by atoms with Gasteiger partial charge in [-0.25, -0.2) is 0 Å². The molecule has 1 fully saturated rings. The number of hydrogen-bond donors (Lipinski definition) is 0. The molecule has 0 aliphatic heterocycles. The van der Waals surface area contributed by atoms with Crippen molar-refractivity contribution in [1.29, 1.82) is 0 Å². The van der Waals surface area contributed by atoms with Gasteiger partial charge in [0.25, 0.3) is 0 Å². The van der Waals surface area contributed by atoms with Crippen molar-refractivity contribution in [3.8, 4) is 5.75 Å². The Morgan fingerprint density at radius 1 is 1.15 bits per heavy atom. The molecule has 1 aromatic carbocycles. The van der Waals surface area contributed by atoms with Gasteiger partial charge in [0.15, 0.2) is 11.6 Å². The van der Waals surface area contributed by atoms with Crippen LogP contribution in [0.5, 0.6) is 5.75 Å². The first-order chi connectivity index (χ1) is 13.0. The lowest BCUT2D eigenvalue weighted by Crippen LogP contribution is -2.38. The summed E-state index contributed by atoms with van der Waals surface area (Å²) in [5.74, 6) is 0.682. The third-order valence-electron chi connectivity index (χ3n) is 5.30. The maximum absolute atomic E-state index is 13.3. The summed E-state index contributed by atoms with van der Waals surface area (Å²) >= 11 is 0. The number of Topliss-reactive ketones (excluding diaryl/α,β-unsaturated/α-hetero) is 2. The average molecular weight is 366 g/mol. The van der Waals surface area contributed by atoms with Gasteiger partial charge in [-0.3, -0.25) is 9.59 Å². The average Bonchev–Trinajstić information content (AvgIpc) is 3.13. The van der Waals surface area contributed by atoms with Gasteiger partial charge in [0.2, 0.25) is 0 Å². The molecule has 0 atom stereocenters. The SMILES string of the molecule is CO/C(=C1\C(=O)CCC2(CC=CC2)C1=O)c1ccccc1OCC=C(C)C. The van der Waals surface area contributed by atoms with Crippen LogP contribution >= 0.6 is 0 Å². The summed E-state index contributed by atoms with van der Waals surface area (Å²) in [7, 11) is 1.50. The topological polar surface area (TPSA) is 52.6 Å². The highest BCUT2D eigenvalue weighted by atomic mass is 16.5. The fourth-order valence-electron chi connectivity index (χ4n) is 3.73. The summed E-state index contributed by atoms with van der Waals surface area (Å²) in [5.41, 5.74) is 1.50. The number of ketones is 2. The van der Waals surface area contributed by atoms with E-state index in [0.717, 1.165) is 5.57 Å². The van der Waals surface area contributed by atoms with Crippen molar-refractivity contribution >= 4 is 17.3 Å². The molecule has 4 heteroatoms. The molecule has 0 saturated heterocycles. The number of allylic oxidation sites excluding steroid dienone is 4. The molecule has 0 unspecified atom stereocenters. The van der Waals surface area contributed by atoms with Crippen molar-refractivity contribution in [2.45, 2.75) is 39.5 Å². The first-order valence-corrected chi connectivity index (χ1v) is 9.35. The molecule has 27 heavy (non-hydrogen) atoms. The number of rotatable bonds is 5. The zero-order valence-electron chi connectivity index (χ0n) is 16.2. The summed E-state index contributed by atoms with van der Waals surface area (Å²) in [6.07, 6.45) is 8.42. The third-order valence-corrected chi connectivity index (χ3v) is 5.30. The normalized spacial score (nSPS) is 20.0. The van der Waals surface area contributed by atoms with E-state index in [9.17, 15) is 9.59 Å². The molecule has 1 spiro atoms. The van der Waals surface area contributed by atoms with Gasteiger partial charge in [-0.15, -0.1) is 0 Å². The molecule has 142 valence electrons. The maximum Gasteiger partial charge on any atom is 0.176 e. The molecule has 0 radical (unpaired) electrons. The molecule has 1 aromatic rings. The lowest BCUT2D eigenvalue weighted by atomic mass is 9.68. The molecule has 2 aliphatic rings. The summed E-state index contributed by atoms with van der Waals surface area (Å²) < 4.78 is 11.5. The summed E-state index contributed by atoms with van der Waals surface area (Å²) in [6, 6.07) is 7.39. The highest BCUT2D eigenvalue weighted by Gasteiger charge is 2.47. The quantitative estimate of drug-likeness (QED) is 0.329. The Kier molecular flexibility index (Phi) is 5.64. The van der Waals surface area contributed by atoms with Crippen molar-refractivity contribution in [3.05, 3.63) is 59.2 Å². The van der Waals surface area contributed by atoms with E-state index in [2.05, 4.69) is 0 Å². The maximum atomic E-state index is 13.3. The highest BCUT2D eigenvalue weighted by Crippen LogP contribution is 2.46. The number of para-hydroxylation sites is 1. The minimum Gasteiger partial charge on any atom is -0.495 e. The Balaban J connectivity index is 2.04. The smallest absolute Gasteiger partial charge is 0.176 e. The Hall–Kier alpha value is -2.62. The molecule has 0 bridgehead atoms. The van der Waals surface area contributed by atoms with Crippen LogP contribution in [0.25, 0.3) is 5.76 Å². The fourth-order valence-corrected chi connectivity index (χ4v) is 3.73. The van der Waals surface area contributed by atoms with Crippen LogP contribution in [-0.2, 0) is 14.3 Å². The molecule has 0 heterocycles.